The van der Waals surface area contributed by atoms with Crippen molar-refractivity contribution in [3.05, 3.63) is 35.4 Å². The fraction of sp³-hybridized carbons (Fsp3) is 0. The average Bonchev–Trinajstić information content (AvgIpc) is 2.05. The first-order valence-corrected chi connectivity index (χ1v) is 2.75. The number of nitrogens with zero attached hydrogens (tertiary/aromatic N) is 1. The minimum absolute atomic E-state index is 0.309. The minimum Gasteiger partial charge on any atom is -0.298 e. The van der Waals surface area contributed by atoms with Crippen molar-refractivity contribution in [2.24, 2.45) is 0 Å². The second-order valence-electron chi connectivity index (χ2n) is 1.79. The van der Waals surface area contributed by atoms with Crippen LogP contribution < -0.4 is 0 Å². The van der Waals surface area contributed by atoms with E-state index in [0.717, 1.165) is 0 Å². The summed E-state index contributed by atoms with van der Waals surface area (Å²) in [4.78, 5) is 10.4. The number of carbonyl (C=O) groups excluding carboxylic acids is 1. The average molecular weight is 132 g/mol. The van der Waals surface area contributed by atoms with Gasteiger partial charge in [-0.15, -0.1) is 0 Å². The number of aldehydes is 1. The molecule has 1 aromatic carbocycles. The van der Waals surface area contributed by atoms with Crippen LogP contribution >= 0.6 is 0 Å². The fourth-order valence-electron chi connectivity index (χ4n) is 0.613. The van der Waals surface area contributed by atoms with Crippen LogP contribution in [-0.4, -0.2) is 6.26 Å². The van der Waals surface area contributed by atoms with Crippen molar-refractivity contribution in [2.45, 2.75) is 0 Å². The summed E-state index contributed by atoms with van der Waals surface area (Å²) in [5, 5.41) is 8.39. The molecular formula is C8H5NO. The summed E-state index contributed by atoms with van der Waals surface area (Å²) in [6.45, 7) is 0. The third-order valence-corrected chi connectivity index (χ3v) is 1.13. The van der Waals surface area contributed by atoms with Crippen molar-refractivity contribution in [1.29, 1.82) is 5.26 Å². The molecule has 0 aliphatic carbocycles. The van der Waals surface area contributed by atoms with Gasteiger partial charge < -0.3 is 0 Å². The molecule has 0 aromatic heterocycles. The van der Waals surface area contributed by atoms with Gasteiger partial charge in [-0.05, 0) is 12.1 Å². The highest BCUT2D eigenvalue weighted by molar-refractivity contribution is 5.74. The van der Waals surface area contributed by atoms with Gasteiger partial charge in [-0.25, -0.2) is 0 Å². The minimum atomic E-state index is -0.727. The topological polar surface area (TPSA) is 40.9 Å². The van der Waals surface area contributed by atoms with Crippen LogP contribution in [0.1, 0.15) is 17.3 Å². The SMILES string of the molecule is [2H]C(=O)c1ccc(C#N)cc1. The number of benzene rings is 1. The van der Waals surface area contributed by atoms with Gasteiger partial charge in [-0.2, -0.15) is 5.26 Å². The van der Waals surface area contributed by atoms with Crippen LogP contribution in [0.5, 0.6) is 0 Å². The first-order chi connectivity index (χ1) is 5.24. The molecule has 0 unspecified atom stereocenters. The lowest BCUT2D eigenvalue weighted by Gasteiger charge is -1.87. The summed E-state index contributed by atoms with van der Waals surface area (Å²) < 4.78 is 6.72. The Morgan fingerprint density at radius 1 is 1.50 bits per heavy atom. The quantitative estimate of drug-likeness (QED) is 0.541. The molecule has 0 radical (unpaired) electrons. The van der Waals surface area contributed by atoms with E-state index in [4.69, 9.17) is 6.63 Å². The molecule has 2 nitrogen and oxygen atoms in total. The first-order valence-electron chi connectivity index (χ1n) is 3.25. The molecule has 2 heteroatoms. The molecule has 0 saturated carbocycles. The Morgan fingerprint density at radius 3 is 2.50 bits per heavy atom. The van der Waals surface area contributed by atoms with E-state index in [0.29, 0.717) is 11.1 Å². The molecule has 1 rings (SSSR count). The van der Waals surface area contributed by atoms with Gasteiger partial charge in [-0.1, -0.05) is 12.1 Å². The lowest BCUT2D eigenvalue weighted by atomic mass is 10.2. The largest absolute Gasteiger partial charge is 0.298 e. The van der Waals surface area contributed by atoms with Crippen LogP contribution in [0.15, 0.2) is 24.3 Å². The summed E-state index contributed by atoms with van der Waals surface area (Å²) in [6.07, 6.45) is -0.727. The molecule has 0 saturated heterocycles. The third kappa shape index (κ3) is 1.20. The van der Waals surface area contributed by atoms with Crippen LogP contribution in [0.4, 0.5) is 0 Å². The zero-order chi connectivity index (χ0) is 8.27. The molecule has 10 heavy (non-hydrogen) atoms. The van der Waals surface area contributed by atoms with Gasteiger partial charge in [0.05, 0.1) is 11.6 Å². The Bertz CT molecular complexity index is 310. The summed E-state index contributed by atoms with van der Waals surface area (Å²) in [7, 11) is 0. The summed E-state index contributed by atoms with van der Waals surface area (Å²) in [5.74, 6) is 0. The van der Waals surface area contributed by atoms with Crippen molar-refractivity contribution < 1.29 is 6.17 Å². The van der Waals surface area contributed by atoms with E-state index in [-0.39, 0.29) is 0 Å². The Morgan fingerprint density at radius 2 is 2.10 bits per heavy atom. The Labute approximate surface area is 60.1 Å². The maximum atomic E-state index is 10.4. The standard InChI is InChI=1S/C8H5NO/c9-5-7-1-3-8(6-10)4-2-7/h1-4,6H/i6D. The van der Waals surface area contributed by atoms with Crippen LogP contribution in [-0.2, 0) is 0 Å². The van der Waals surface area contributed by atoms with Gasteiger partial charge in [-0.3, -0.25) is 4.79 Å². The summed E-state index contributed by atoms with van der Waals surface area (Å²) in [6, 6.07) is 7.88. The third-order valence-electron chi connectivity index (χ3n) is 1.13. The van der Waals surface area contributed by atoms with Gasteiger partial charge in [0.15, 0.2) is 0 Å². The number of hydrogen-bond acceptors (Lipinski definition) is 2. The van der Waals surface area contributed by atoms with E-state index in [2.05, 4.69) is 0 Å². The molecule has 0 fully saturated rings. The second-order valence-corrected chi connectivity index (χ2v) is 1.79. The van der Waals surface area contributed by atoms with Crippen LogP contribution in [0, 0.1) is 11.3 Å². The highest BCUT2D eigenvalue weighted by Gasteiger charge is 1.88. The predicted molar refractivity (Wildman–Crippen MR) is 36.5 cm³/mol. The van der Waals surface area contributed by atoms with Gasteiger partial charge in [0, 0.05) is 5.56 Å². The summed E-state index contributed by atoms with van der Waals surface area (Å²) >= 11 is 0. The monoisotopic (exact) mass is 132 g/mol. The Kier molecular flexibility index (Phi) is 1.45. The van der Waals surface area contributed by atoms with E-state index in [1.165, 1.54) is 24.3 Å². The van der Waals surface area contributed by atoms with E-state index in [9.17, 15) is 4.79 Å². The van der Waals surface area contributed by atoms with Crippen LogP contribution in [0.2, 0.25) is 0 Å². The molecule has 0 aliphatic heterocycles. The second kappa shape index (κ2) is 2.79. The normalized spacial score (nSPS) is 9.70. The molecule has 0 atom stereocenters. The lowest BCUT2D eigenvalue weighted by molar-refractivity contribution is 0.112. The lowest BCUT2D eigenvalue weighted by Crippen LogP contribution is -1.78. The van der Waals surface area contributed by atoms with Gasteiger partial charge >= 0.3 is 0 Å². The molecule has 0 amide bonds. The van der Waals surface area contributed by atoms with Gasteiger partial charge in [0.2, 0.25) is 0 Å². The number of rotatable bonds is 1. The van der Waals surface area contributed by atoms with Crippen LogP contribution in [0.3, 0.4) is 0 Å². The molecule has 0 heterocycles. The number of carbonyl (C=O) groups is 1. The molecule has 0 aliphatic rings. The Hall–Kier alpha value is -1.62. The van der Waals surface area contributed by atoms with Gasteiger partial charge in [0.25, 0.3) is 0 Å². The van der Waals surface area contributed by atoms with E-state index >= 15 is 0 Å². The van der Waals surface area contributed by atoms with E-state index in [1.54, 1.807) is 0 Å². The van der Waals surface area contributed by atoms with Crippen molar-refractivity contribution in [2.75, 3.05) is 0 Å². The summed E-state index contributed by atoms with van der Waals surface area (Å²) in [5.41, 5.74) is 0.805. The fourth-order valence-corrected chi connectivity index (χ4v) is 0.613. The maximum absolute atomic E-state index is 10.4. The van der Waals surface area contributed by atoms with Crippen molar-refractivity contribution >= 4 is 6.26 Å². The van der Waals surface area contributed by atoms with E-state index in [1.807, 2.05) is 6.07 Å². The zero-order valence-corrected chi connectivity index (χ0v) is 5.16. The predicted octanol–water partition coefficient (Wildman–Crippen LogP) is 1.37. The number of nitriles is 1. The highest BCUT2D eigenvalue weighted by Crippen LogP contribution is 1.99. The maximum Gasteiger partial charge on any atom is 0.150 e. The van der Waals surface area contributed by atoms with Crippen LogP contribution in [0.25, 0.3) is 0 Å². The van der Waals surface area contributed by atoms with Crippen molar-refractivity contribution in [3.8, 4) is 6.07 Å². The molecule has 0 spiro atoms. The first kappa shape index (κ1) is 5.19. The van der Waals surface area contributed by atoms with Crippen molar-refractivity contribution in [1.82, 2.24) is 0 Å². The highest BCUT2D eigenvalue weighted by atomic mass is 16.1. The molecule has 48 valence electrons. The van der Waals surface area contributed by atoms with Crippen molar-refractivity contribution in [3.63, 3.8) is 0 Å². The van der Waals surface area contributed by atoms with E-state index < -0.39 is 6.26 Å². The molecule has 0 N–H and O–H groups in total. The molecular weight excluding hydrogens is 126 g/mol. The Balaban J connectivity index is 3.03. The smallest absolute Gasteiger partial charge is 0.150 e. The number of hydrogen-bond donors (Lipinski definition) is 0. The molecule has 0 bridgehead atoms. The zero-order valence-electron chi connectivity index (χ0n) is 6.16. The molecule has 1 aromatic rings. The van der Waals surface area contributed by atoms with Gasteiger partial charge in [0.1, 0.15) is 7.63 Å².